The molecule has 0 unspecified atom stereocenters. The quantitative estimate of drug-likeness (QED) is 0.823. The summed E-state index contributed by atoms with van der Waals surface area (Å²) in [5, 5.41) is 3.23. The molecule has 116 valence electrons. The molecule has 0 aromatic heterocycles. The lowest BCUT2D eigenvalue weighted by molar-refractivity contribution is -0.129. The lowest BCUT2D eigenvalue weighted by Gasteiger charge is -2.28. The van der Waals surface area contributed by atoms with Crippen LogP contribution in [-0.2, 0) is 9.59 Å². The van der Waals surface area contributed by atoms with Gasteiger partial charge in [-0.15, -0.1) is 24.2 Å². The lowest BCUT2D eigenvalue weighted by atomic mass is 10.1. The summed E-state index contributed by atoms with van der Waals surface area (Å²) in [5.74, 6) is 1.23. The highest BCUT2D eigenvalue weighted by Gasteiger charge is 2.19. The maximum Gasteiger partial charge on any atom is 0.232 e. The van der Waals surface area contributed by atoms with E-state index in [4.69, 9.17) is 0 Å². The van der Waals surface area contributed by atoms with Gasteiger partial charge in [-0.3, -0.25) is 9.59 Å². The van der Waals surface area contributed by atoms with Crippen molar-refractivity contribution in [2.75, 3.05) is 50.8 Å². The van der Waals surface area contributed by atoms with E-state index in [1.807, 2.05) is 9.80 Å². The molecule has 0 atom stereocenters. The van der Waals surface area contributed by atoms with E-state index < -0.39 is 0 Å². The molecule has 20 heavy (non-hydrogen) atoms. The molecule has 0 aliphatic carbocycles. The Labute approximate surface area is 131 Å². The molecule has 0 spiro atoms. The molecule has 0 radical (unpaired) electrons. The van der Waals surface area contributed by atoms with E-state index in [1.54, 1.807) is 0 Å². The first-order valence-corrected chi connectivity index (χ1v) is 8.27. The summed E-state index contributed by atoms with van der Waals surface area (Å²) in [5.41, 5.74) is 0. The average molecular weight is 322 g/mol. The minimum Gasteiger partial charge on any atom is -0.342 e. The third-order valence-electron chi connectivity index (χ3n) is 3.63. The van der Waals surface area contributed by atoms with Crippen molar-refractivity contribution in [3.8, 4) is 0 Å². The van der Waals surface area contributed by atoms with Crippen molar-refractivity contribution >= 4 is 36.0 Å². The Morgan fingerprint density at radius 3 is 1.90 bits per heavy atom. The van der Waals surface area contributed by atoms with Gasteiger partial charge in [-0.1, -0.05) is 0 Å². The molecular weight excluding hydrogens is 298 g/mol. The normalized spacial score (nSPS) is 19.4. The van der Waals surface area contributed by atoms with Gasteiger partial charge in [-0.05, 0) is 19.3 Å². The highest BCUT2D eigenvalue weighted by molar-refractivity contribution is 8.00. The van der Waals surface area contributed by atoms with Gasteiger partial charge in [-0.25, -0.2) is 0 Å². The van der Waals surface area contributed by atoms with Gasteiger partial charge in [0, 0.05) is 39.3 Å². The van der Waals surface area contributed by atoms with Crippen LogP contribution in [0.15, 0.2) is 0 Å². The van der Waals surface area contributed by atoms with Crippen molar-refractivity contribution in [2.45, 2.75) is 19.3 Å². The van der Waals surface area contributed by atoms with E-state index in [0.29, 0.717) is 11.5 Å². The summed E-state index contributed by atoms with van der Waals surface area (Å²) >= 11 is 1.45. The van der Waals surface area contributed by atoms with E-state index in [9.17, 15) is 9.59 Å². The highest BCUT2D eigenvalue weighted by Crippen LogP contribution is 2.11. The van der Waals surface area contributed by atoms with E-state index in [0.717, 1.165) is 52.1 Å². The van der Waals surface area contributed by atoms with Gasteiger partial charge in [0.15, 0.2) is 0 Å². The maximum absolute atomic E-state index is 11.9. The van der Waals surface area contributed by atoms with Crippen LogP contribution in [0, 0.1) is 0 Å². The van der Waals surface area contributed by atoms with Crippen LogP contribution in [-0.4, -0.2) is 72.4 Å². The number of carbonyl (C=O) groups excluding carboxylic acids is 2. The number of piperazine rings is 1. The van der Waals surface area contributed by atoms with Gasteiger partial charge in [0.2, 0.25) is 11.8 Å². The molecule has 0 aromatic carbocycles. The first kappa shape index (κ1) is 17.6. The van der Waals surface area contributed by atoms with E-state index in [1.165, 1.54) is 18.2 Å². The number of nitrogens with zero attached hydrogens (tertiary/aromatic N) is 2. The fraction of sp³-hybridized carbons (Fsp3) is 0.846. The zero-order valence-electron chi connectivity index (χ0n) is 11.8. The van der Waals surface area contributed by atoms with Crippen molar-refractivity contribution in [1.82, 2.24) is 15.1 Å². The van der Waals surface area contributed by atoms with Crippen LogP contribution in [0.4, 0.5) is 0 Å². The molecule has 2 amide bonds. The van der Waals surface area contributed by atoms with Crippen LogP contribution in [0.3, 0.4) is 0 Å². The van der Waals surface area contributed by atoms with Gasteiger partial charge < -0.3 is 15.1 Å². The number of rotatable bonds is 4. The van der Waals surface area contributed by atoms with Gasteiger partial charge in [0.05, 0.1) is 11.5 Å². The Morgan fingerprint density at radius 1 is 0.850 bits per heavy atom. The van der Waals surface area contributed by atoms with Crippen LogP contribution in [0.5, 0.6) is 0 Å². The zero-order valence-corrected chi connectivity index (χ0v) is 13.4. The predicted octanol–water partition coefficient (Wildman–Crippen LogP) is 0.586. The lowest BCUT2D eigenvalue weighted by Crippen LogP contribution is -2.47. The van der Waals surface area contributed by atoms with Gasteiger partial charge in [0.1, 0.15) is 0 Å². The van der Waals surface area contributed by atoms with Crippen LogP contribution in [0.25, 0.3) is 0 Å². The fourth-order valence-electron chi connectivity index (χ4n) is 2.47. The van der Waals surface area contributed by atoms with Crippen molar-refractivity contribution < 1.29 is 9.59 Å². The average Bonchev–Trinajstić information content (AvgIpc) is 2.49. The minimum atomic E-state index is 0. The molecule has 7 heteroatoms. The van der Waals surface area contributed by atoms with Crippen LogP contribution >= 0.6 is 24.2 Å². The second-order valence-electron chi connectivity index (χ2n) is 5.07. The van der Waals surface area contributed by atoms with E-state index in [2.05, 4.69) is 5.32 Å². The number of likely N-dealkylation sites (tertiary alicyclic amines) is 1. The second-order valence-corrected chi connectivity index (χ2v) is 6.05. The minimum absolute atomic E-state index is 0. The summed E-state index contributed by atoms with van der Waals surface area (Å²) in [6.07, 6.45) is 3.48. The van der Waals surface area contributed by atoms with Gasteiger partial charge in [-0.2, -0.15) is 0 Å². The summed E-state index contributed by atoms with van der Waals surface area (Å²) < 4.78 is 0. The molecule has 0 saturated carbocycles. The molecular formula is C13H24ClN3O2S. The first-order valence-electron chi connectivity index (χ1n) is 7.11. The van der Waals surface area contributed by atoms with Crippen LogP contribution < -0.4 is 5.32 Å². The van der Waals surface area contributed by atoms with Crippen LogP contribution in [0.2, 0.25) is 0 Å². The number of carbonyl (C=O) groups is 2. The van der Waals surface area contributed by atoms with Crippen molar-refractivity contribution in [3.05, 3.63) is 0 Å². The second kappa shape index (κ2) is 9.47. The molecule has 0 bridgehead atoms. The molecule has 5 nitrogen and oxygen atoms in total. The van der Waals surface area contributed by atoms with Crippen molar-refractivity contribution in [2.24, 2.45) is 0 Å². The molecule has 2 heterocycles. The smallest absolute Gasteiger partial charge is 0.232 e. The molecule has 1 N–H and O–H groups in total. The molecule has 2 saturated heterocycles. The zero-order chi connectivity index (χ0) is 13.5. The van der Waals surface area contributed by atoms with Crippen molar-refractivity contribution in [1.29, 1.82) is 0 Å². The topological polar surface area (TPSA) is 52.7 Å². The number of piperidine rings is 1. The maximum atomic E-state index is 11.9. The molecule has 2 fully saturated rings. The Morgan fingerprint density at radius 2 is 1.35 bits per heavy atom. The number of thioether (sulfide) groups is 1. The molecule has 2 aliphatic rings. The van der Waals surface area contributed by atoms with E-state index >= 15 is 0 Å². The first-order chi connectivity index (χ1) is 9.27. The van der Waals surface area contributed by atoms with Crippen molar-refractivity contribution in [3.63, 3.8) is 0 Å². The number of halogens is 1. The number of amides is 2. The summed E-state index contributed by atoms with van der Waals surface area (Å²) in [6, 6.07) is 0. The monoisotopic (exact) mass is 321 g/mol. The summed E-state index contributed by atoms with van der Waals surface area (Å²) in [7, 11) is 0. The third kappa shape index (κ3) is 5.50. The highest BCUT2D eigenvalue weighted by atomic mass is 35.5. The fourth-order valence-corrected chi connectivity index (χ4v) is 3.28. The Bertz CT molecular complexity index is 289. The summed E-state index contributed by atoms with van der Waals surface area (Å²) in [4.78, 5) is 27.7. The third-order valence-corrected chi connectivity index (χ3v) is 4.53. The largest absolute Gasteiger partial charge is 0.342 e. The summed E-state index contributed by atoms with van der Waals surface area (Å²) in [6.45, 7) is 5.13. The Hall–Kier alpha value is -0.460. The predicted molar refractivity (Wildman–Crippen MR) is 84.5 cm³/mol. The van der Waals surface area contributed by atoms with E-state index in [-0.39, 0.29) is 24.2 Å². The standard InChI is InChI=1S/C13H23N3O2S.ClH/c17-12(15-6-2-1-3-7-15)10-19-11-13(18)16-8-4-14-5-9-16;/h14H,1-11H2;1H. The van der Waals surface area contributed by atoms with Gasteiger partial charge in [0.25, 0.3) is 0 Å². The SMILES string of the molecule is Cl.O=C(CSCC(=O)N1CCNCC1)N1CCCCC1. The number of hydrogen-bond donors (Lipinski definition) is 1. The van der Waals surface area contributed by atoms with Crippen LogP contribution in [0.1, 0.15) is 19.3 Å². The Kier molecular flexibility index (Phi) is 8.33. The number of nitrogens with one attached hydrogen (secondary N) is 1. The molecule has 2 rings (SSSR count). The van der Waals surface area contributed by atoms with Gasteiger partial charge >= 0.3 is 0 Å². The number of hydrogen-bond acceptors (Lipinski definition) is 4. The molecule has 0 aromatic rings. The molecule has 2 aliphatic heterocycles. The Balaban J connectivity index is 0.00000200.